The predicted molar refractivity (Wildman–Crippen MR) is 124 cm³/mol. The van der Waals surface area contributed by atoms with Gasteiger partial charge in [0.25, 0.3) is 0 Å². The van der Waals surface area contributed by atoms with Crippen LogP contribution in [0.4, 0.5) is 17.5 Å². The van der Waals surface area contributed by atoms with Crippen molar-refractivity contribution in [3.05, 3.63) is 78.2 Å². The maximum Gasteiger partial charge on any atom is 0.222 e. The zero-order chi connectivity index (χ0) is 21.6. The number of nitrogens with two attached hydrogens (primary N) is 1. The Kier molecular flexibility index (Phi) is 5.93. The zero-order valence-corrected chi connectivity index (χ0v) is 17.4. The highest BCUT2D eigenvalue weighted by Crippen LogP contribution is 2.26. The smallest absolute Gasteiger partial charge is 0.222 e. The van der Waals surface area contributed by atoms with Crippen molar-refractivity contribution in [2.75, 3.05) is 18.2 Å². The van der Waals surface area contributed by atoms with E-state index in [0.717, 1.165) is 39.9 Å². The number of hydrogen-bond acceptors (Lipinski definition) is 7. The molecule has 1 aliphatic heterocycles. The second-order valence-electron chi connectivity index (χ2n) is 6.94. The van der Waals surface area contributed by atoms with Gasteiger partial charge in [0, 0.05) is 35.6 Å². The first-order chi connectivity index (χ1) is 15.1. The van der Waals surface area contributed by atoms with Gasteiger partial charge in [-0.2, -0.15) is 4.98 Å². The number of anilines is 3. The Morgan fingerprint density at radius 3 is 2.45 bits per heavy atom. The second-order valence-corrected chi connectivity index (χ2v) is 6.94. The number of nitrogens with one attached hydrogen (secondary N) is 1. The monoisotopic (exact) mass is 413 g/mol. The van der Waals surface area contributed by atoms with Crippen LogP contribution in [0.15, 0.2) is 83.2 Å². The Morgan fingerprint density at radius 2 is 1.71 bits per heavy atom. The van der Waals surface area contributed by atoms with Crippen LogP contribution in [0.25, 0.3) is 11.3 Å². The lowest BCUT2D eigenvalue weighted by Crippen LogP contribution is -2.01. The molecule has 0 saturated heterocycles. The van der Waals surface area contributed by atoms with Gasteiger partial charge in [-0.05, 0) is 61.5 Å². The standard InChI is InChI=1S/C24H23N5O2/c1-16-3-8-21(13-14-26-16)31-20-11-6-18(7-12-20)27-23-15-22(28-24(25)29-23)17-4-9-19(30-2)10-5-17/h3-7,9-15H,8H2,1-2H3,(H3,25,27,28,29). The van der Waals surface area contributed by atoms with Crippen molar-refractivity contribution < 1.29 is 9.47 Å². The average molecular weight is 413 g/mol. The molecule has 31 heavy (non-hydrogen) atoms. The molecule has 0 saturated carbocycles. The largest absolute Gasteiger partial charge is 0.497 e. The quantitative estimate of drug-likeness (QED) is 0.582. The van der Waals surface area contributed by atoms with Gasteiger partial charge >= 0.3 is 0 Å². The van der Waals surface area contributed by atoms with E-state index in [1.54, 1.807) is 13.3 Å². The van der Waals surface area contributed by atoms with E-state index < -0.39 is 0 Å². The summed E-state index contributed by atoms with van der Waals surface area (Å²) in [7, 11) is 1.63. The molecule has 156 valence electrons. The molecule has 0 radical (unpaired) electrons. The van der Waals surface area contributed by atoms with Gasteiger partial charge in [0.2, 0.25) is 5.95 Å². The number of hydrogen-bond donors (Lipinski definition) is 2. The lowest BCUT2D eigenvalue weighted by atomic mass is 10.1. The third-order valence-electron chi connectivity index (χ3n) is 4.64. The summed E-state index contributed by atoms with van der Waals surface area (Å²) < 4.78 is 11.2. The van der Waals surface area contributed by atoms with Crippen LogP contribution in [0.3, 0.4) is 0 Å². The van der Waals surface area contributed by atoms with E-state index >= 15 is 0 Å². The summed E-state index contributed by atoms with van der Waals surface area (Å²) in [5.41, 5.74) is 9.41. The van der Waals surface area contributed by atoms with Crippen molar-refractivity contribution in [2.45, 2.75) is 13.3 Å². The number of methoxy groups -OCH3 is 1. The summed E-state index contributed by atoms with van der Waals surface area (Å²) in [6.07, 6.45) is 6.37. The fraction of sp³-hybridized carbons (Fsp3) is 0.125. The summed E-state index contributed by atoms with van der Waals surface area (Å²) in [5, 5.41) is 3.27. The first-order valence-electron chi connectivity index (χ1n) is 9.83. The molecule has 0 unspecified atom stereocenters. The number of rotatable bonds is 6. The van der Waals surface area contributed by atoms with Gasteiger partial charge < -0.3 is 20.5 Å². The van der Waals surface area contributed by atoms with Crippen molar-refractivity contribution >= 4 is 23.7 Å². The lowest BCUT2D eigenvalue weighted by Gasteiger charge is -2.11. The number of ether oxygens (including phenoxy) is 2. The average Bonchev–Trinajstić information content (AvgIpc) is 2.99. The Bertz CT molecular complexity index is 1150. The molecule has 2 aromatic carbocycles. The predicted octanol–water partition coefficient (Wildman–Crippen LogP) is 5.12. The molecule has 3 aromatic rings. The summed E-state index contributed by atoms with van der Waals surface area (Å²) in [6, 6.07) is 17.1. The van der Waals surface area contributed by atoms with E-state index in [1.807, 2.05) is 73.7 Å². The molecule has 7 heteroatoms. The molecular weight excluding hydrogens is 390 g/mol. The number of aromatic nitrogens is 2. The third-order valence-corrected chi connectivity index (χ3v) is 4.64. The van der Waals surface area contributed by atoms with Gasteiger partial charge in [0.1, 0.15) is 23.1 Å². The molecule has 0 spiro atoms. The van der Waals surface area contributed by atoms with E-state index in [-0.39, 0.29) is 5.95 Å². The molecule has 0 bridgehead atoms. The van der Waals surface area contributed by atoms with Crippen LogP contribution >= 0.6 is 0 Å². The first-order valence-corrected chi connectivity index (χ1v) is 9.83. The Balaban J connectivity index is 1.47. The summed E-state index contributed by atoms with van der Waals surface area (Å²) in [6.45, 7) is 1.97. The van der Waals surface area contributed by atoms with Gasteiger partial charge in [-0.3, -0.25) is 4.99 Å². The van der Waals surface area contributed by atoms with Crippen LogP contribution in [-0.2, 0) is 0 Å². The van der Waals surface area contributed by atoms with Crippen molar-refractivity contribution in [3.63, 3.8) is 0 Å². The molecule has 0 atom stereocenters. The molecular formula is C24H23N5O2. The van der Waals surface area contributed by atoms with Crippen LogP contribution in [0, 0.1) is 0 Å². The van der Waals surface area contributed by atoms with Crippen LogP contribution < -0.4 is 20.5 Å². The van der Waals surface area contributed by atoms with E-state index in [1.165, 1.54) is 0 Å². The number of aliphatic imine (C=N–C) groups is 1. The van der Waals surface area contributed by atoms with Crippen LogP contribution in [-0.4, -0.2) is 23.3 Å². The van der Waals surface area contributed by atoms with Gasteiger partial charge in [-0.25, -0.2) is 4.98 Å². The molecule has 0 amide bonds. The van der Waals surface area contributed by atoms with Crippen molar-refractivity contribution in [3.8, 4) is 22.8 Å². The maximum absolute atomic E-state index is 5.95. The molecule has 4 rings (SSSR count). The molecule has 3 N–H and O–H groups in total. The maximum atomic E-state index is 5.95. The van der Waals surface area contributed by atoms with E-state index in [4.69, 9.17) is 15.2 Å². The summed E-state index contributed by atoms with van der Waals surface area (Å²) >= 11 is 0. The Morgan fingerprint density at radius 1 is 0.968 bits per heavy atom. The Labute approximate surface area is 181 Å². The van der Waals surface area contributed by atoms with Gasteiger partial charge in [-0.15, -0.1) is 0 Å². The number of nitrogen functional groups attached to an aromatic ring is 1. The number of benzene rings is 2. The molecule has 1 aromatic heterocycles. The van der Waals surface area contributed by atoms with Crippen molar-refractivity contribution in [2.24, 2.45) is 4.99 Å². The topological polar surface area (TPSA) is 94.6 Å². The minimum absolute atomic E-state index is 0.195. The zero-order valence-electron chi connectivity index (χ0n) is 17.4. The first kappa shape index (κ1) is 20.2. The number of nitrogens with zero attached hydrogens (tertiary/aromatic N) is 3. The number of allylic oxidation sites excluding steroid dienone is 3. The summed E-state index contributed by atoms with van der Waals surface area (Å²) in [5.74, 6) is 3.18. The third kappa shape index (κ3) is 5.27. The van der Waals surface area contributed by atoms with Crippen LogP contribution in [0.2, 0.25) is 0 Å². The highest BCUT2D eigenvalue weighted by Gasteiger charge is 2.07. The summed E-state index contributed by atoms with van der Waals surface area (Å²) in [4.78, 5) is 12.9. The normalized spacial score (nSPS) is 13.1. The second kappa shape index (κ2) is 9.13. The van der Waals surface area contributed by atoms with Gasteiger partial charge in [-0.1, -0.05) is 6.08 Å². The minimum Gasteiger partial charge on any atom is -0.497 e. The molecule has 1 aliphatic rings. The SMILES string of the molecule is COc1ccc(-c2cc(Nc3ccc(OC4=CC=NC(C)=CC4)cc3)nc(N)n2)cc1. The van der Waals surface area contributed by atoms with Gasteiger partial charge in [0.05, 0.1) is 12.8 Å². The molecule has 7 nitrogen and oxygen atoms in total. The Hall–Kier alpha value is -4.13. The van der Waals surface area contributed by atoms with Crippen LogP contribution in [0.1, 0.15) is 13.3 Å². The fourth-order valence-corrected chi connectivity index (χ4v) is 3.03. The van der Waals surface area contributed by atoms with E-state index in [2.05, 4.69) is 20.3 Å². The molecule has 0 aliphatic carbocycles. The van der Waals surface area contributed by atoms with E-state index in [0.29, 0.717) is 12.2 Å². The van der Waals surface area contributed by atoms with Gasteiger partial charge in [0.15, 0.2) is 0 Å². The molecule has 2 heterocycles. The van der Waals surface area contributed by atoms with Crippen molar-refractivity contribution in [1.29, 1.82) is 0 Å². The fourth-order valence-electron chi connectivity index (χ4n) is 3.03. The lowest BCUT2D eigenvalue weighted by molar-refractivity contribution is 0.415. The highest BCUT2D eigenvalue weighted by molar-refractivity contribution is 5.73. The minimum atomic E-state index is 0.195. The van der Waals surface area contributed by atoms with Crippen LogP contribution in [0.5, 0.6) is 11.5 Å². The highest BCUT2D eigenvalue weighted by atomic mass is 16.5. The molecule has 0 fully saturated rings. The van der Waals surface area contributed by atoms with E-state index in [9.17, 15) is 0 Å². The van der Waals surface area contributed by atoms with Crippen molar-refractivity contribution in [1.82, 2.24) is 9.97 Å².